The molecule has 2 amide bonds. The fourth-order valence-electron chi connectivity index (χ4n) is 1.72. The molecule has 88 valence electrons. The van der Waals surface area contributed by atoms with Gasteiger partial charge in [-0.05, 0) is 26.2 Å². The second kappa shape index (κ2) is 4.91. The van der Waals surface area contributed by atoms with Gasteiger partial charge >= 0.3 is 0 Å². The molecule has 0 heterocycles. The fourth-order valence-corrected chi connectivity index (χ4v) is 10.2. The lowest BCUT2D eigenvalue weighted by Crippen LogP contribution is -2.72. The van der Waals surface area contributed by atoms with E-state index < -0.39 is 16.8 Å². The topological polar surface area (TPSA) is 70.2 Å². The van der Waals surface area contributed by atoms with Gasteiger partial charge in [0.1, 0.15) is 0 Å². The highest BCUT2D eigenvalue weighted by atomic mass is 28.4. The Morgan fingerprint density at radius 3 is 1.27 bits per heavy atom. The molecule has 0 saturated heterocycles. The molecule has 0 aliphatic carbocycles. The first-order valence-electron chi connectivity index (χ1n) is 4.91. The van der Waals surface area contributed by atoms with Crippen LogP contribution in [0.25, 0.3) is 0 Å². The van der Waals surface area contributed by atoms with E-state index in [9.17, 15) is 9.59 Å². The van der Waals surface area contributed by atoms with Gasteiger partial charge in [0.15, 0.2) is 0 Å². The summed E-state index contributed by atoms with van der Waals surface area (Å²) in [5, 5.41) is 0. The summed E-state index contributed by atoms with van der Waals surface area (Å²) in [5.74, 6) is -0.0708. The normalized spacial score (nSPS) is 12.1. The van der Waals surface area contributed by atoms with Crippen LogP contribution >= 0.6 is 0 Å². The fraction of sp³-hybridized carbons (Fsp3) is 0.750. The van der Waals surface area contributed by atoms with Gasteiger partial charge in [0, 0.05) is 13.8 Å². The molecule has 7 heteroatoms. The molecule has 0 saturated carbocycles. The average molecular weight is 247 g/mol. The van der Waals surface area contributed by atoms with Gasteiger partial charge in [0.2, 0.25) is 28.6 Å². The van der Waals surface area contributed by atoms with Crippen molar-refractivity contribution in [3.05, 3.63) is 0 Å². The Morgan fingerprint density at radius 1 is 0.800 bits per heavy atom. The molecule has 15 heavy (non-hydrogen) atoms. The maximum Gasteiger partial charge on any atom is 0.220 e. The molecule has 0 aromatic heterocycles. The number of nitrogens with one attached hydrogen (secondary N) is 3. The van der Waals surface area contributed by atoms with Crippen molar-refractivity contribution >= 4 is 28.6 Å². The highest BCUT2D eigenvalue weighted by Crippen LogP contribution is 1.99. The molecule has 0 spiro atoms. The van der Waals surface area contributed by atoms with Gasteiger partial charge in [-0.2, -0.15) is 0 Å². The zero-order chi connectivity index (χ0) is 12.3. The number of carbonyl (C=O) groups is 2. The van der Waals surface area contributed by atoms with Crippen LogP contribution in [0.1, 0.15) is 13.8 Å². The van der Waals surface area contributed by atoms with Crippen molar-refractivity contribution in [2.45, 2.75) is 40.0 Å². The predicted octanol–water partition coefficient (Wildman–Crippen LogP) is 0.252. The molecular weight excluding hydrogens is 226 g/mol. The summed E-state index contributed by atoms with van der Waals surface area (Å²) in [6, 6.07) is 0. The van der Waals surface area contributed by atoms with Gasteiger partial charge in [-0.25, -0.2) is 0 Å². The Kier molecular flexibility index (Phi) is 4.69. The van der Waals surface area contributed by atoms with Crippen molar-refractivity contribution in [3.63, 3.8) is 0 Å². The Labute approximate surface area is 93.3 Å². The number of carbonyl (C=O) groups excluding carboxylic acids is 2. The highest BCUT2D eigenvalue weighted by molar-refractivity contribution is 6.90. The summed E-state index contributed by atoms with van der Waals surface area (Å²) in [6.45, 7) is 11.0. The van der Waals surface area contributed by atoms with Crippen LogP contribution in [0.15, 0.2) is 0 Å². The monoisotopic (exact) mass is 247 g/mol. The number of hydrogen-bond donors (Lipinski definition) is 3. The van der Waals surface area contributed by atoms with Gasteiger partial charge in [-0.3, -0.25) is 9.59 Å². The minimum absolute atomic E-state index is 0.0354. The SMILES string of the molecule is CC(=O)N[Si](C)(C)N[Si](C)(C)NC(C)=O. The highest BCUT2D eigenvalue weighted by Gasteiger charge is 2.33. The zero-order valence-corrected chi connectivity index (χ0v) is 12.3. The smallest absolute Gasteiger partial charge is 0.220 e. The Morgan fingerprint density at radius 2 is 1.07 bits per heavy atom. The molecule has 0 unspecified atom stereocenters. The van der Waals surface area contributed by atoms with Gasteiger partial charge in [0.05, 0.1) is 0 Å². The minimum Gasteiger partial charge on any atom is -0.370 e. The van der Waals surface area contributed by atoms with Crippen LogP contribution in [0, 0.1) is 0 Å². The summed E-state index contributed by atoms with van der Waals surface area (Å²) >= 11 is 0. The molecule has 0 atom stereocenters. The van der Waals surface area contributed by atoms with E-state index in [1.165, 1.54) is 13.8 Å². The minimum atomic E-state index is -1.97. The summed E-state index contributed by atoms with van der Waals surface area (Å²) in [4.78, 5) is 27.8. The van der Waals surface area contributed by atoms with Gasteiger partial charge < -0.3 is 14.6 Å². The van der Waals surface area contributed by atoms with E-state index in [1.807, 2.05) is 26.2 Å². The van der Waals surface area contributed by atoms with Crippen molar-refractivity contribution < 1.29 is 9.59 Å². The van der Waals surface area contributed by atoms with E-state index in [4.69, 9.17) is 0 Å². The van der Waals surface area contributed by atoms with Crippen molar-refractivity contribution in [1.29, 1.82) is 0 Å². The first-order chi connectivity index (χ1) is 6.54. The van der Waals surface area contributed by atoms with E-state index in [1.54, 1.807) is 0 Å². The van der Waals surface area contributed by atoms with Crippen LogP contribution in [-0.2, 0) is 9.59 Å². The van der Waals surface area contributed by atoms with Crippen LogP contribution in [0.4, 0.5) is 0 Å². The van der Waals surface area contributed by atoms with E-state index in [-0.39, 0.29) is 11.8 Å². The van der Waals surface area contributed by atoms with Crippen molar-refractivity contribution in [1.82, 2.24) is 14.6 Å². The van der Waals surface area contributed by atoms with Gasteiger partial charge in [-0.1, -0.05) is 0 Å². The third-order valence-corrected chi connectivity index (χ3v) is 8.56. The molecule has 0 aromatic rings. The Balaban J connectivity index is 4.42. The zero-order valence-electron chi connectivity index (χ0n) is 10.3. The van der Waals surface area contributed by atoms with Crippen molar-refractivity contribution in [2.24, 2.45) is 0 Å². The van der Waals surface area contributed by atoms with Crippen molar-refractivity contribution in [3.8, 4) is 0 Å². The first-order valence-corrected chi connectivity index (χ1v) is 10.9. The molecule has 0 fully saturated rings. The largest absolute Gasteiger partial charge is 0.370 e. The average Bonchev–Trinajstić information content (AvgIpc) is 1.73. The summed E-state index contributed by atoms with van der Waals surface area (Å²) < 4.78 is 3.41. The first kappa shape index (κ1) is 14.3. The van der Waals surface area contributed by atoms with Crippen LogP contribution in [0.5, 0.6) is 0 Å². The van der Waals surface area contributed by atoms with Crippen molar-refractivity contribution in [2.75, 3.05) is 0 Å². The molecule has 0 radical (unpaired) electrons. The van der Waals surface area contributed by atoms with Crippen LogP contribution in [0.3, 0.4) is 0 Å². The molecule has 3 N–H and O–H groups in total. The summed E-state index contributed by atoms with van der Waals surface area (Å²) in [7, 11) is -3.94. The second-order valence-electron chi connectivity index (χ2n) is 4.74. The number of rotatable bonds is 4. The maximum absolute atomic E-state index is 11.0. The lowest BCUT2D eigenvalue weighted by Gasteiger charge is -2.34. The van der Waals surface area contributed by atoms with E-state index in [0.717, 1.165) is 0 Å². The van der Waals surface area contributed by atoms with Crippen LogP contribution < -0.4 is 14.6 Å². The number of hydrogen-bond acceptors (Lipinski definition) is 3. The molecule has 5 nitrogen and oxygen atoms in total. The standard InChI is InChI=1S/C8H21N3O2Si2/c1-7(12)9-14(3,4)11-15(5,6)10-8(2)13/h11H,1-6H3,(H,9,12)(H,10,13). The molecule has 0 aromatic carbocycles. The molecule has 0 aliphatic heterocycles. The quantitative estimate of drug-likeness (QED) is 0.624. The molecule has 0 bridgehead atoms. The lowest BCUT2D eigenvalue weighted by molar-refractivity contribution is -0.118. The van der Waals surface area contributed by atoms with E-state index in [2.05, 4.69) is 14.6 Å². The lowest BCUT2D eigenvalue weighted by atomic mass is 10.8. The molecule has 0 rings (SSSR count). The Bertz CT molecular complexity index is 241. The summed E-state index contributed by atoms with van der Waals surface area (Å²) in [6.07, 6.45) is 0. The van der Waals surface area contributed by atoms with Crippen LogP contribution in [0.2, 0.25) is 26.2 Å². The predicted molar refractivity (Wildman–Crippen MR) is 65.7 cm³/mol. The van der Waals surface area contributed by atoms with Gasteiger partial charge in [-0.15, -0.1) is 0 Å². The molecular formula is C8H21N3O2Si2. The van der Waals surface area contributed by atoms with E-state index >= 15 is 0 Å². The third-order valence-electron chi connectivity index (χ3n) is 1.60. The summed E-state index contributed by atoms with van der Waals surface area (Å²) in [5.41, 5.74) is 0. The second-order valence-corrected chi connectivity index (χ2v) is 12.7. The number of amides is 2. The maximum atomic E-state index is 11.0. The Hall–Kier alpha value is -0.666. The van der Waals surface area contributed by atoms with E-state index in [0.29, 0.717) is 0 Å². The van der Waals surface area contributed by atoms with Gasteiger partial charge in [0.25, 0.3) is 0 Å². The van der Waals surface area contributed by atoms with Crippen LogP contribution in [-0.4, -0.2) is 28.6 Å². The third kappa shape index (κ3) is 7.28. The molecule has 0 aliphatic rings.